The summed E-state index contributed by atoms with van der Waals surface area (Å²) in [6, 6.07) is 3.58. The molecule has 0 spiro atoms. The summed E-state index contributed by atoms with van der Waals surface area (Å²) in [7, 11) is 0. The molecule has 7 heteroatoms. The molecule has 1 fully saturated rings. The Morgan fingerprint density at radius 3 is 2.35 bits per heavy atom. The van der Waals surface area contributed by atoms with Crippen LogP contribution in [-0.4, -0.2) is 58.1 Å². The lowest BCUT2D eigenvalue weighted by Gasteiger charge is -2.35. The van der Waals surface area contributed by atoms with E-state index in [2.05, 4.69) is 9.88 Å². The number of hydrogen-bond acceptors (Lipinski definition) is 4. The standard InChI is InChI=1S/C13H17Cl2N3O2/c1-9(19)13(20)18-4-2-17(3-5-18)8-10-6-11(14)16-12(15)7-10/h6-7,9,19H,2-5,8H2,1H3. The quantitative estimate of drug-likeness (QED) is 0.856. The van der Waals surface area contributed by atoms with Crippen molar-refractivity contribution in [2.45, 2.75) is 19.6 Å². The molecule has 0 aliphatic carbocycles. The van der Waals surface area contributed by atoms with E-state index in [9.17, 15) is 9.90 Å². The molecule has 1 saturated heterocycles. The Kier molecular flexibility index (Phi) is 5.21. The van der Waals surface area contributed by atoms with Crippen LogP contribution in [0.3, 0.4) is 0 Å². The van der Waals surface area contributed by atoms with Crippen molar-refractivity contribution in [3.63, 3.8) is 0 Å². The van der Waals surface area contributed by atoms with Crippen molar-refractivity contribution in [1.29, 1.82) is 0 Å². The summed E-state index contributed by atoms with van der Waals surface area (Å²) in [5.74, 6) is -0.209. The first kappa shape index (κ1) is 15.5. The third-order valence-corrected chi connectivity index (χ3v) is 3.66. The summed E-state index contributed by atoms with van der Waals surface area (Å²) in [4.78, 5) is 19.5. The topological polar surface area (TPSA) is 56.7 Å². The second kappa shape index (κ2) is 6.72. The maximum Gasteiger partial charge on any atom is 0.251 e. The largest absolute Gasteiger partial charge is 0.384 e. The predicted octanol–water partition coefficient (Wildman–Crippen LogP) is 1.41. The maximum absolute atomic E-state index is 11.7. The molecule has 1 aliphatic heterocycles. The number of rotatable bonds is 3. The average molecular weight is 318 g/mol. The minimum atomic E-state index is -0.931. The van der Waals surface area contributed by atoms with Gasteiger partial charge >= 0.3 is 0 Å². The van der Waals surface area contributed by atoms with Crippen molar-refractivity contribution in [2.75, 3.05) is 26.2 Å². The van der Waals surface area contributed by atoms with Crippen LogP contribution in [0.15, 0.2) is 12.1 Å². The Labute approximate surface area is 128 Å². The van der Waals surface area contributed by atoms with E-state index in [0.29, 0.717) is 23.4 Å². The monoisotopic (exact) mass is 317 g/mol. The fourth-order valence-corrected chi connectivity index (χ4v) is 2.76. The number of pyridine rings is 1. The zero-order chi connectivity index (χ0) is 14.7. The van der Waals surface area contributed by atoms with E-state index in [0.717, 1.165) is 25.2 Å². The van der Waals surface area contributed by atoms with Crippen molar-refractivity contribution in [3.05, 3.63) is 28.0 Å². The summed E-state index contributed by atoms with van der Waals surface area (Å²) in [6.45, 7) is 4.98. The number of nitrogens with zero attached hydrogens (tertiary/aromatic N) is 3. The number of amides is 1. The molecule has 1 amide bonds. The van der Waals surface area contributed by atoms with E-state index in [1.54, 1.807) is 17.0 Å². The number of hydrogen-bond donors (Lipinski definition) is 1. The first-order valence-corrected chi connectivity index (χ1v) is 7.22. The molecule has 1 aromatic rings. The molecule has 110 valence electrons. The van der Waals surface area contributed by atoms with Crippen molar-refractivity contribution in [3.8, 4) is 0 Å². The van der Waals surface area contributed by atoms with Gasteiger partial charge in [0, 0.05) is 32.7 Å². The van der Waals surface area contributed by atoms with E-state index in [-0.39, 0.29) is 5.91 Å². The predicted molar refractivity (Wildman–Crippen MR) is 77.8 cm³/mol. The Balaban J connectivity index is 1.90. The van der Waals surface area contributed by atoms with Crippen LogP contribution in [0.4, 0.5) is 0 Å². The number of piperazine rings is 1. The summed E-state index contributed by atoms with van der Waals surface area (Å²) >= 11 is 11.7. The van der Waals surface area contributed by atoms with Crippen LogP contribution >= 0.6 is 23.2 Å². The Bertz CT molecular complexity index is 468. The summed E-state index contributed by atoms with van der Waals surface area (Å²) in [5, 5.41) is 10.1. The van der Waals surface area contributed by atoms with Crippen LogP contribution < -0.4 is 0 Å². The van der Waals surface area contributed by atoms with Crippen molar-refractivity contribution >= 4 is 29.1 Å². The van der Waals surface area contributed by atoms with Crippen molar-refractivity contribution in [2.24, 2.45) is 0 Å². The SMILES string of the molecule is CC(O)C(=O)N1CCN(Cc2cc(Cl)nc(Cl)c2)CC1. The fourth-order valence-electron chi connectivity index (χ4n) is 2.25. The van der Waals surface area contributed by atoms with Gasteiger partial charge in [-0.05, 0) is 24.6 Å². The lowest BCUT2D eigenvalue weighted by atomic mass is 10.2. The molecule has 1 aliphatic rings. The van der Waals surface area contributed by atoms with E-state index in [1.807, 2.05) is 0 Å². The number of carbonyl (C=O) groups is 1. The summed E-state index contributed by atoms with van der Waals surface area (Å²) < 4.78 is 0. The molecule has 20 heavy (non-hydrogen) atoms. The molecule has 2 heterocycles. The molecule has 1 aromatic heterocycles. The first-order valence-electron chi connectivity index (χ1n) is 6.47. The highest BCUT2D eigenvalue weighted by atomic mass is 35.5. The van der Waals surface area contributed by atoms with Gasteiger partial charge in [-0.3, -0.25) is 9.69 Å². The minimum Gasteiger partial charge on any atom is -0.384 e. The van der Waals surface area contributed by atoms with Crippen LogP contribution in [0.1, 0.15) is 12.5 Å². The van der Waals surface area contributed by atoms with Gasteiger partial charge in [0.25, 0.3) is 5.91 Å². The van der Waals surface area contributed by atoms with Gasteiger partial charge in [0.1, 0.15) is 16.4 Å². The van der Waals surface area contributed by atoms with Gasteiger partial charge in [-0.1, -0.05) is 23.2 Å². The average Bonchev–Trinajstić information content (AvgIpc) is 2.37. The smallest absolute Gasteiger partial charge is 0.251 e. The van der Waals surface area contributed by atoms with Crippen LogP contribution in [0, 0.1) is 0 Å². The number of aliphatic hydroxyl groups is 1. The second-order valence-electron chi connectivity index (χ2n) is 4.90. The molecule has 2 rings (SSSR count). The van der Waals surface area contributed by atoms with Crippen molar-refractivity contribution < 1.29 is 9.90 Å². The highest BCUT2D eigenvalue weighted by Gasteiger charge is 2.23. The fraction of sp³-hybridized carbons (Fsp3) is 0.538. The van der Waals surface area contributed by atoms with E-state index in [4.69, 9.17) is 23.2 Å². The Hall–Kier alpha value is -0.880. The molecule has 5 nitrogen and oxygen atoms in total. The number of aromatic nitrogens is 1. The summed E-state index contributed by atoms with van der Waals surface area (Å²) in [6.07, 6.45) is -0.931. The number of aliphatic hydroxyl groups excluding tert-OH is 1. The second-order valence-corrected chi connectivity index (χ2v) is 5.67. The molecule has 1 N–H and O–H groups in total. The van der Waals surface area contributed by atoms with Crippen LogP contribution in [-0.2, 0) is 11.3 Å². The van der Waals surface area contributed by atoms with Gasteiger partial charge in [0.15, 0.2) is 0 Å². The lowest BCUT2D eigenvalue weighted by molar-refractivity contribution is -0.141. The zero-order valence-corrected chi connectivity index (χ0v) is 12.7. The molecule has 0 bridgehead atoms. The van der Waals surface area contributed by atoms with Crippen LogP contribution in [0.2, 0.25) is 10.3 Å². The maximum atomic E-state index is 11.7. The van der Waals surface area contributed by atoms with Crippen molar-refractivity contribution in [1.82, 2.24) is 14.8 Å². The van der Waals surface area contributed by atoms with Gasteiger partial charge in [-0.15, -0.1) is 0 Å². The molecule has 0 saturated carbocycles. The number of carbonyl (C=O) groups excluding carboxylic acids is 1. The molecular weight excluding hydrogens is 301 g/mol. The molecule has 0 radical (unpaired) electrons. The zero-order valence-electron chi connectivity index (χ0n) is 11.2. The Morgan fingerprint density at radius 1 is 1.30 bits per heavy atom. The molecular formula is C13H17Cl2N3O2. The van der Waals surface area contributed by atoms with Gasteiger partial charge in [0.05, 0.1) is 0 Å². The minimum absolute atomic E-state index is 0.209. The normalized spacial score (nSPS) is 18.1. The first-order chi connectivity index (χ1) is 9.45. The highest BCUT2D eigenvalue weighted by molar-refractivity contribution is 6.32. The third kappa shape index (κ3) is 4.06. The van der Waals surface area contributed by atoms with E-state index in [1.165, 1.54) is 6.92 Å². The molecule has 1 unspecified atom stereocenters. The van der Waals surface area contributed by atoms with Crippen LogP contribution in [0.25, 0.3) is 0 Å². The van der Waals surface area contributed by atoms with Gasteiger partial charge in [-0.2, -0.15) is 0 Å². The highest BCUT2D eigenvalue weighted by Crippen LogP contribution is 2.17. The lowest BCUT2D eigenvalue weighted by Crippen LogP contribution is -2.50. The summed E-state index contributed by atoms with van der Waals surface area (Å²) in [5.41, 5.74) is 1.00. The van der Waals surface area contributed by atoms with Gasteiger partial charge in [0.2, 0.25) is 0 Å². The Morgan fingerprint density at radius 2 is 1.85 bits per heavy atom. The molecule has 0 aromatic carbocycles. The third-order valence-electron chi connectivity index (χ3n) is 3.27. The van der Waals surface area contributed by atoms with Gasteiger partial charge < -0.3 is 10.0 Å². The molecule has 1 atom stereocenters. The van der Waals surface area contributed by atoms with Crippen LogP contribution in [0.5, 0.6) is 0 Å². The number of halogens is 2. The van der Waals surface area contributed by atoms with E-state index >= 15 is 0 Å². The van der Waals surface area contributed by atoms with E-state index < -0.39 is 6.10 Å². The van der Waals surface area contributed by atoms with Gasteiger partial charge in [-0.25, -0.2) is 4.98 Å².